The maximum Gasteiger partial charge on any atom is 0.252 e. The molecule has 4 aliphatic carbocycles. The van der Waals surface area contributed by atoms with E-state index in [4.69, 9.17) is 41.9 Å². The molecule has 4 saturated heterocycles. The number of aliphatic hydroxyl groups excluding tert-OH is 8. The lowest BCUT2D eigenvalue weighted by molar-refractivity contribution is -0.138. The molecule has 6 unspecified atom stereocenters. The van der Waals surface area contributed by atoms with Crippen LogP contribution in [0, 0.1) is 70.5 Å². The highest BCUT2D eigenvalue weighted by Gasteiger charge is 2.52. The number of aliphatic hydroxyl groups is 12. The van der Waals surface area contributed by atoms with E-state index in [9.17, 15) is 80.5 Å². The van der Waals surface area contributed by atoms with Crippen LogP contribution >= 0.6 is 0 Å². The van der Waals surface area contributed by atoms with Crippen molar-refractivity contribution in [3.63, 3.8) is 0 Å². The Kier molecular flexibility index (Phi) is 29.6. The van der Waals surface area contributed by atoms with Gasteiger partial charge in [-0.25, -0.2) is 59.8 Å². The fourth-order valence-electron chi connectivity index (χ4n) is 17.7. The number of likely N-dealkylation sites (N-methyl/N-ethyl adjacent to an activating group) is 4. The first-order valence-electron chi connectivity index (χ1n) is 44.0. The molecule has 8 fully saturated rings. The van der Waals surface area contributed by atoms with Gasteiger partial charge in [0.15, 0.2) is 95.2 Å². The molecule has 12 heterocycles. The van der Waals surface area contributed by atoms with E-state index >= 15 is 0 Å². The molecular formula is C86H116N24O20. The molecule has 8 aliphatic rings. The predicted molar refractivity (Wildman–Crippen MR) is 464 cm³/mol. The number of hydrogen-bond donors (Lipinski definition) is 20. The summed E-state index contributed by atoms with van der Waals surface area (Å²) in [5.74, 6) is 22.6. The third-order valence-electron chi connectivity index (χ3n) is 24.9. The summed E-state index contributed by atoms with van der Waals surface area (Å²) in [7, 11) is 0. The summed E-state index contributed by atoms with van der Waals surface area (Å²) >= 11 is 0. The minimum atomic E-state index is -1.43. The Morgan fingerprint density at radius 2 is 0.723 bits per heavy atom. The molecule has 0 bridgehead atoms. The first-order valence-corrected chi connectivity index (χ1v) is 44.0. The normalized spacial score (nSPS) is 32.0. The molecule has 0 spiro atoms. The lowest BCUT2D eigenvalue weighted by atomic mass is 9.70. The second-order valence-corrected chi connectivity index (χ2v) is 35.2. The minimum absolute atomic E-state index is 0.0124. The number of nitrogens with one attached hydrogen (secondary N) is 4. The quantitative estimate of drug-likeness (QED) is 0.0591. The van der Waals surface area contributed by atoms with Gasteiger partial charge in [0.05, 0.1) is 25.3 Å². The molecule has 21 atom stereocenters. The Balaban J connectivity index is 0.000000148. The van der Waals surface area contributed by atoms with Gasteiger partial charge in [-0.2, -0.15) is 0 Å². The number of hydrogen-bond acceptors (Lipinski definition) is 36. The van der Waals surface area contributed by atoms with Crippen LogP contribution < -0.4 is 44.2 Å². The maximum atomic E-state index is 12.2. The molecule has 4 amide bonds. The summed E-state index contributed by atoms with van der Waals surface area (Å²) in [4.78, 5) is 99.7. The van der Waals surface area contributed by atoms with Crippen molar-refractivity contribution in [1.82, 2.24) is 99.3 Å². The van der Waals surface area contributed by atoms with Crippen molar-refractivity contribution in [1.29, 1.82) is 0 Å². The largest absolute Gasteiger partial charge is 0.387 e. The average Bonchev–Trinajstić information content (AvgIpc) is 1.61. The van der Waals surface area contributed by atoms with Crippen molar-refractivity contribution in [2.24, 2.45) is 23.2 Å². The molecule has 8 aromatic rings. The van der Waals surface area contributed by atoms with E-state index < -0.39 is 144 Å². The number of nitrogens with zero attached hydrogens (tertiary/aromatic N) is 16. The third kappa shape index (κ3) is 20.8. The minimum Gasteiger partial charge on any atom is -0.387 e. The van der Waals surface area contributed by atoms with Gasteiger partial charge in [0.25, 0.3) is 23.6 Å². The molecular weight excluding hydrogens is 1690 g/mol. The van der Waals surface area contributed by atoms with Crippen LogP contribution in [0.25, 0.3) is 44.7 Å². The van der Waals surface area contributed by atoms with Crippen LogP contribution in [0.5, 0.6) is 0 Å². The van der Waals surface area contributed by atoms with Crippen LogP contribution in [0.3, 0.4) is 0 Å². The van der Waals surface area contributed by atoms with Crippen LogP contribution in [0.2, 0.25) is 0 Å². The Bertz CT molecular complexity index is 5740. The summed E-state index contributed by atoms with van der Waals surface area (Å²) in [6, 6.07) is 0. The van der Waals surface area contributed by atoms with Gasteiger partial charge in [0.1, 0.15) is 93.3 Å². The van der Waals surface area contributed by atoms with Crippen LogP contribution in [0.15, 0.2) is 25.3 Å². The number of rotatable bonds is 13. The lowest BCUT2D eigenvalue weighted by Crippen LogP contribution is -2.42. The molecule has 8 aromatic heterocycles. The third-order valence-corrected chi connectivity index (χ3v) is 24.9. The number of carbonyl (C=O) groups excluding carboxylic acids is 4. The van der Waals surface area contributed by atoms with Gasteiger partial charge in [-0.15, -0.1) is 0 Å². The Labute approximate surface area is 747 Å². The van der Waals surface area contributed by atoms with Crippen molar-refractivity contribution in [3.8, 4) is 47.4 Å². The molecule has 44 heteroatoms. The summed E-state index contributed by atoms with van der Waals surface area (Å²) in [5.41, 5.74) is 21.8. The lowest BCUT2D eigenvalue weighted by Gasteiger charge is -2.38. The average molecular weight is 1810 g/mol. The monoisotopic (exact) mass is 1800 g/mol. The number of imidazole rings is 4. The molecule has 4 saturated carbocycles. The number of ether oxygens (including phenoxy) is 4. The highest BCUT2D eigenvalue weighted by atomic mass is 16.6. The molecule has 130 heavy (non-hydrogen) atoms. The van der Waals surface area contributed by atoms with E-state index in [1.54, 1.807) is 27.7 Å². The Hall–Kier alpha value is -11.1. The van der Waals surface area contributed by atoms with Gasteiger partial charge in [0.2, 0.25) is 23.3 Å². The van der Waals surface area contributed by atoms with Crippen molar-refractivity contribution in [2.45, 2.75) is 292 Å². The smallest absolute Gasteiger partial charge is 0.252 e. The highest BCUT2D eigenvalue weighted by molar-refractivity contribution is 5.87. The van der Waals surface area contributed by atoms with Crippen molar-refractivity contribution < 1.29 is 99.4 Å². The molecule has 0 radical (unpaired) electrons. The highest BCUT2D eigenvalue weighted by Crippen LogP contribution is 2.43. The number of anilines is 4. The van der Waals surface area contributed by atoms with Gasteiger partial charge < -0.3 is 124 Å². The Morgan fingerprint density at radius 3 is 1.04 bits per heavy atom. The summed E-state index contributed by atoms with van der Waals surface area (Å²) in [5, 5.41) is 137. The van der Waals surface area contributed by atoms with E-state index in [1.165, 1.54) is 43.6 Å². The molecule has 44 nitrogen and oxygen atoms in total. The summed E-state index contributed by atoms with van der Waals surface area (Å²) in [6.45, 7) is 18.8. The summed E-state index contributed by atoms with van der Waals surface area (Å²) < 4.78 is 28.2. The van der Waals surface area contributed by atoms with E-state index in [1.807, 2.05) is 6.92 Å². The zero-order chi connectivity index (χ0) is 93.8. The fourth-order valence-corrected chi connectivity index (χ4v) is 17.7. The second kappa shape index (κ2) is 39.9. The van der Waals surface area contributed by atoms with Gasteiger partial charge in [-0.1, -0.05) is 77.6 Å². The zero-order valence-corrected chi connectivity index (χ0v) is 73.7. The van der Waals surface area contributed by atoms with E-state index in [2.05, 4.69) is 156 Å². The van der Waals surface area contributed by atoms with E-state index in [0.29, 0.717) is 83.0 Å². The molecule has 16 rings (SSSR count). The van der Waals surface area contributed by atoms with Gasteiger partial charge in [-0.3, -0.25) is 37.4 Å². The molecule has 24 N–H and O–H groups in total. The number of fused-ring (bicyclic) bond motifs is 4. The first-order chi connectivity index (χ1) is 61.8. The number of nitrogens with two attached hydrogens (primary N) is 4. The maximum absolute atomic E-state index is 12.2. The van der Waals surface area contributed by atoms with Crippen LogP contribution in [-0.4, -0.2) is 285 Å². The SMILES string of the molecule is CCNC(=O)[C@H]1O[C@@H](n2cnc3c(N)nc(C#CC4(O)CCC(CC)CC4)nc32)[C@@H](O)C1O.CCNC(=O)[C@H]1O[C@@H](n2cnc3c(N)nc(C#CC4(O)CCCCC4C)nc32)[C@@H](O)C1O.CCNC(=O)[C@H]1O[C@@H](n2cnc3c(N)nc(C#C[C@]4(O)CCCC(C)(C)C4)nc32)[C@@H](O)C1O.CCNC(=O)[C@H]1O[C@@H](n2cnc3c(N)nc(C#C[C@]4(O)CCC[C@H](C)C4)nc32)[C@@H](O)C1O. The van der Waals surface area contributed by atoms with Crippen molar-refractivity contribution in [2.75, 3.05) is 49.1 Å². The van der Waals surface area contributed by atoms with Gasteiger partial charge in [-0.05, 0) is 164 Å². The summed E-state index contributed by atoms with van der Waals surface area (Å²) in [6.07, 6.45) is -1.61. The molecule has 4 aliphatic heterocycles. The van der Waals surface area contributed by atoms with Crippen LogP contribution in [0.4, 0.5) is 23.3 Å². The first kappa shape index (κ1) is 96.4. The second-order valence-electron chi connectivity index (χ2n) is 35.2. The molecule has 0 aromatic carbocycles. The van der Waals surface area contributed by atoms with Crippen molar-refractivity contribution >= 4 is 91.6 Å². The zero-order valence-electron chi connectivity index (χ0n) is 73.7. The van der Waals surface area contributed by atoms with Crippen molar-refractivity contribution in [3.05, 3.63) is 48.6 Å². The number of carbonyl (C=O) groups is 4. The number of amides is 4. The Morgan fingerprint density at radius 1 is 0.400 bits per heavy atom. The number of nitrogen functional groups attached to an aromatic ring is 4. The van der Waals surface area contributed by atoms with Gasteiger partial charge in [0, 0.05) is 26.2 Å². The van der Waals surface area contributed by atoms with Gasteiger partial charge >= 0.3 is 0 Å². The van der Waals surface area contributed by atoms with E-state index in [-0.39, 0.29) is 103 Å². The molecule has 700 valence electrons. The fraction of sp³-hybridized carbons (Fsp3) is 0.628. The number of aromatic nitrogens is 16. The predicted octanol–water partition coefficient (Wildman–Crippen LogP) is -1.39. The van der Waals surface area contributed by atoms with E-state index in [0.717, 1.165) is 64.2 Å². The van der Waals surface area contributed by atoms with Crippen LogP contribution in [0.1, 0.15) is 220 Å². The topological polar surface area (TPSA) is 675 Å². The van der Waals surface area contributed by atoms with Crippen LogP contribution in [-0.2, 0) is 38.1 Å². The standard InChI is InChI=1S/2C22H30N6O5.2C21H28N6O5/c1-4-24-19(31)16-14(29)15(30)20(33-16)28-11-25-13-17(23)26-12(27-18(13)28)6-9-22(32)8-5-7-21(2,3)10-22;1-3-12-5-8-22(32,9-6-12)10-7-13-26-18(23)14-19(27-13)28(11-25-14)21-16(30)15(29)17(33-21)20(31)24-4-2;1-3-23-19(30)16-14(28)15(29)20(32-16)27-10-24-13-17(22)25-12(26-18(13)27)6-8-21(31)7-4-5-11(2)9-21;1-3-23-19(30)16-14(28)15(29)20(32-16)27-10-24-13-17(22)25-12(26-18(13)27)7-9-21(31)8-5-4-6-11(21)2/h11,14-16,20,29-30,32H,4-5,7-8,10H2,1-3H3,(H,24,31)(H2,23,26,27);11-12,15-17,21,29-30,32H,3-6,8-9H2,1-2H3,(H,24,31)(H2,23,26,27);10-11,14-16,20,28-29,31H,3-5,7,9H2,1-2H3,(H,23,30)(H2,22,25,26);10-11,14-16,20,28-29,31H,3-6,8H2,1-2H3,(H,23,30)(H2,22,25,26)/t14?,15-,16-,20+,22+;12?,15?,16-,17-,21+,22?;11-,14?,15-,16-,20+,21+;11?,14?,15-,16-,20+,21?/m0000/s1.